The fourth-order valence-corrected chi connectivity index (χ4v) is 4.82. The normalized spacial score (nSPS) is 17.6. The van der Waals surface area contributed by atoms with Crippen molar-refractivity contribution in [2.75, 3.05) is 13.2 Å². The number of tetrazole rings is 1. The number of likely N-dealkylation sites (tertiary alicyclic amines) is 1. The number of benzene rings is 1. The zero-order valence-corrected chi connectivity index (χ0v) is 21.5. The summed E-state index contributed by atoms with van der Waals surface area (Å²) in [6.45, 7) is 8.29. The smallest absolute Gasteiger partial charge is 0.307 e. The summed E-state index contributed by atoms with van der Waals surface area (Å²) >= 11 is 1.47. The minimum absolute atomic E-state index is 0.0629. The molecule has 2 heterocycles. The lowest BCUT2D eigenvalue weighted by Crippen LogP contribution is -2.46. The zero-order valence-electron chi connectivity index (χ0n) is 20.7. The predicted molar refractivity (Wildman–Crippen MR) is 131 cm³/mol. The molecule has 1 aliphatic rings. The first-order chi connectivity index (χ1) is 16.7. The van der Waals surface area contributed by atoms with Crippen LogP contribution in [0.2, 0.25) is 0 Å². The fraction of sp³-hybridized carbons (Fsp3) is 0.560. The van der Waals surface area contributed by atoms with Crippen LogP contribution in [0.15, 0.2) is 40.4 Å². The second-order valence-electron chi connectivity index (χ2n) is 9.50. The van der Waals surface area contributed by atoms with Gasteiger partial charge in [-0.1, -0.05) is 24.1 Å². The number of esters is 1. The molecule has 9 nitrogen and oxygen atoms in total. The number of aromatic nitrogens is 4. The molecule has 1 aromatic carbocycles. The summed E-state index contributed by atoms with van der Waals surface area (Å²) in [7, 11) is 0. The third-order valence-corrected chi connectivity index (χ3v) is 6.60. The van der Waals surface area contributed by atoms with E-state index in [9.17, 15) is 9.59 Å². The van der Waals surface area contributed by atoms with Crippen LogP contribution in [-0.2, 0) is 25.6 Å². The molecule has 0 radical (unpaired) electrons. The maximum Gasteiger partial charge on any atom is 0.307 e. The second kappa shape index (κ2) is 12.2. The van der Waals surface area contributed by atoms with Crippen molar-refractivity contribution in [1.29, 1.82) is 0 Å². The Kier molecular flexibility index (Phi) is 9.29. The number of carbonyl (C=O) groups excluding carboxylic acids is 2. The lowest BCUT2D eigenvalue weighted by atomic mass is 9.97. The van der Waals surface area contributed by atoms with E-state index in [2.05, 4.69) is 21.4 Å². The van der Waals surface area contributed by atoms with E-state index in [0.717, 1.165) is 17.7 Å². The molecule has 0 N–H and O–H groups in total. The van der Waals surface area contributed by atoms with Gasteiger partial charge < -0.3 is 14.4 Å². The first kappa shape index (κ1) is 26.7. The molecule has 10 heteroatoms. The molecule has 0 aliphatic carbocycles. The van der Waals surface area contributed by atoms with Crippen LogP contribution in [0.1, 0.15) is 47.0 Å². The number of hydrogen-bond donors (Lipinski definition) is 0. The van der Waals surface area contributed by atoms with Gasteiger partial charge in [0.15, 0.2) is 0 Å². The van der Waals surface area contributed by atoms with Gasteiger partial charge in [-0.3, -0.25) is 9.59 Å². The summed E-state index contributed by atoms with van der Waals surface area (Å²) in [5, 5.41) is 12.8. The number of nitrogens with zero attached hydrogens (tertiary/aromatic N) is 5. The average Bonchev–Trinajstić information content (AvgIpc) is 3.45. The number of hydrogen-bond acceptors (Lipinski definition) is 8. The van der Waals surface area contributed by atoms with Gasteiger partial charge in [0.2, 0.25) is 11.1 Å². The Bertz CT molecular complexity index is 1030. The van der Waals surface area contributed by atoms with E-state index in [-0.39, 0.29) is 25.0 Å². The Morgan fingerprint density at radius 1 is 1.29 bits per heavy atom. The van der Waals surface area contributed by atoms with Crippen LogP contribution in [0.25, 0.3) is 0 Å². The van der Waals surface area contributed by atoms with E-state index in [4.69, 9.17) is 15.9 Å². The lowest BCUT2D eigenvalue weighted by Gasteiger charge is -2.31. The molecular weight excluding hydrogens is 466 g/mol. The molecule has 35 heavy (non-hydrogen) atoms. The van der Waals surface area contributed by atoms with Gasteiger partial charge >= 0.3 is 5.97 Å². The van der Waals surface area contributed by atoms with E-state index in [0.29, 0.717) is 18.2 Å². The highest BCUT2D eigenvalue weighted by molar-refractivity contribution is 7.99. The van der Waals surface area contributed by atoms with Crippen molar-refractivity contribution in [3.8, 4) is 12.3 Å². The van der Waals surface area contributed by atoms with Crippen LogP contribution in [0, 0.1) is 18.3 Å². The fourth-order valence-electron chi connectivity index (χ4n) is 4.02. The molecule has 188 valence electrons. The van der Waals surface area contributed by atoms with E-state index < -0.39 is 23.6 Å². The molecule has 0 bridgehead atoms. The van der Waals surface area contributed by atoms with Crippen LogP contribution in [-0.4, -0.2) is 67.9 Å². The number of terminal acetylenes is 1. The van der Waals surface area contributed by atoms with Crippen LogP contribution < -0.4 is 0 Å². The van der Waals surface area contributed by atoms with Crippen LogP contribution in [0.5, 0.6) is 0 Å². The zero-order chi connectivity index (χ0) is 25.4. The molecule has 0 saturated carbocycles. The van der Waals surface area contributed by atoms with Gasteiger partial charge in [0.1, 0.15) is 12.2 Å². The number of rotatable bonds is 10. The Labute approximate surface area is 210 Å². The van der Waals surface area contributed by atoms with Crippen molar-refractivity contribution in [2.45, 2.75) is 81.3 Å². The third-order valence-electron chi connectivity index (χ3n) is 5.62. The molecule has 3 atom stereocenters. The molecule has 1 unspecified atom stereocenters. The van der Waals surface area contributed by atoms with E-state index in [1.54, 1.807) is 32.4 Å². The maximum absolute atomic E-state index is 13.7. The highest BCUT2D eigenvalue weighted by atomic mass is 32.2. The van der Waals surface area contributed by atoms with Crippen molar-refractivity contribution in [2.24, 2.45) is 5.92 Å². The highest BCUT2D eigenvalue weighted by Crippen LogP contribution is 2.28. The minimum atomic E-state index is -0.703. The van der Waals surface area contributed by atoms with Gasteiger partial charge in [0.05, 0.1) is 31.0 Å². The SMILES string of the molecule is C#CCOC(C)[C@H](CC(=O)OC(C)(C)C)C(=O)N1CCC[C@H]1Cn1nnnc1Sc1ccccc1. The summed E-state index contributed by atoms with van der Waals surface area (Å²) < 4.78 is 12.9. The molecule has 1 saturated heterocycles. The van der Waals surface area contributed by atoms with Crippen LogP contribution in [0.3, 0.4) is 0 Å². The van der Waals surface area contributed by atoms with Crippen molar-refractivity contribution < 1.29 is 19.1 Å². The van der Waals surface area contributed by atoms with Crippen LogP contribution >= 0.6 is 11.8 Å². The van der Waals surface area contributed by atoms with Crippen molar-refractivity contribution in [1.82, 2.24) is 25.1 Å². The number of amides is 1. The molecule has 0 spiro atoms. The number of ether oxygens (including phenoxy) is 2. The molecule has 1 fully saturated rings. The monoisotopic (exact) mass is 499 g/mol. The molecule has 1 aromatic heterocycles. The standard InChI is InChI=1S/C25H33N5O4S/c1-6-15-33-18(2)21(16-22(31)34-25(3,4)5)23(32)29-14-10-11-19(29)17-30-24(26-27-28-30)35-20-12-8-7-9-13-20/h1,7-9,12-13,18-19,21H,10-11,14-17H2,2-5H3/t18?,19-,21-/m0/s1. The minimum Gasteiger partial charge on any atom is -0.460 e. The summed E-state index contributed by atoms with van der Waals surface area (Å²) in [5.41, 5.74) is -0.642. The first-order valence-corrected chi connectivity index (χ1v) is 12.6. The topological polar surface area (TPSA) is 99.4 Å². The molecule has 1 amide bonds. The lowest BCUT2D eigenvalue weighted by molar-refractivity contribution is -0.161. The largest absolute Gasteiger partial charge is 0.460 e. The summed E-state index contributed by atoms with van der Waals surface area (Å²) in [4.78, 5) is 29.1. The van der Waals surface area contributed by atoms with Gasteiger partial charge in [-0.15, -0.1) is 11.5 Å². The predicted octanol–water partition coefficient (Wildman–Crippen LogP) is 3.20. The third kappa shape index (κ3) is 7.80. The van der Waals surface area contributed by atoms with Gasteiger partial charge in [-0.25, -0.2) is 4.68 Å². The highest BCUT2D eigenvalue weighted by Gasteiger charge is 2.38. The van der Waals surface area contributed by atoms with Crippen molar-refractivity contribution >= 4 is 23.6 Å². The van der Waals surface area contributed by atoms with Crippen LogP contribution in [0.4, 0.5) is 0 Å². The maximum atomic E-state index is 13.7. The summed E-state index contributed by atoms with van der Waals surface area (Å²) in [6.07, 6.45) is 6.40. The first-order valence-electron chi connectivity index (χ1n) is 11.7. The van der Waals surface area contributed by atoms with Gasteiger partial charge in [-0.05, 0) is 74.9 Å². The van der Waals surface area contributed by atoms with Gasteiger partial charge in [0, 0.05) is 11.4 Å². The van der Waals surface area contributed by atoms with E-state index in [1.807, 2.05) is 35.2 Å². The Morgan fingerprint density at radius 3 is 2.71 bits per heavy atom. The Hall–Kier alpha value is -2.90. The number of carbonyl (C=O) groups is 2. The molecule has 1 aliphatic heterocycles. The van der Waals surface area contributed by atoms with Crippen molar-refractivity contribution in [3.05, 3.63) is 30.3 Å². The summed E-state index contributed by atoms with van der Waals surface area (Å²) in [6, 6.07) is 9.77. The molecular formula is C25H33N5O4S. The van der Waals surface area contributed by atoms with E-state index in [1.165, 1.54) is 11.8 Å². The Balaban J connectivity index is 1.73. The van der Waals surface area contributed by atoms with Gasteiger partial charge in [-0.2, -0.15) is 0 Å². The average molecular weight is 500 g/mol. The second-order valence-corrected chi connectivity index (χ2v) is 10.5. The summed E-state index contributed by atoms with van der Waals surface area (Å²) in [5.74, 6) is 1.14. The molecule has 2 aromatic rings. The molecule has 3 rings (SSSR count). The quantitative estimate of drug-likeness (QED) is 0.363. The van der Waals surface area contributed by atoms with E-state index >= 15 is 0 Å². The Morgan fingerprint density at radius 2 is 2.03 bits per heavy atom. The van der Waals surface area contributed by atoms with Crippen molar-refractivity contribution in [3.63, 3.8) is 0 Å². The van der Waals surface area contributed by atoms with Gasteiger partial charge in [0.25, 0.3) is 0 Å².